The van der Waals surface area contributed by atoms with E-state index in [1.54, 1.807) is 19.2 Å². The van der Waals surface area contributed by atoms with Crippen LogP contribution in [0.25, 0.3) is 0 Å². The van der Waals surface area contributed by atoms with Crippen molar-refractivity contribution in [3.8, 4) is 0 Å². The fourth-order valence-corrected chi connectivity index (χ4v) is 1.43. The SMILES string of the molecule is CN=C(N)NCCN(C)Cc1ccc(F)cc1.I. The van der Waals surface area contributed by atoms with E-state index in [0.29, 0.717) is 5.96 Å². The topological polar surface area (TPSA) is 53.6 Å². The van der Waals surface area contributed by atoms with Crippen molar-refractivity contribution in [3.63, 3.8) is 0 Å². The maximum absolute atomic E-state index is 12.7. The van der Waals surface area contributed by atoms with E-state index in [1.807, 2.05) is 7.05 Å². The molecule has 1 aromatic rings. The third-order valence-corrected chi connectivity index (χ3v) is 2.41. The molecule has 0 heterocycles. The molecule has 1 rings (SSSR count). The fourth-order valence-electron chi connectivity index (χ4n) is 1.43. The van der Waals surface area contributed by atoms with E-state index in [9.17, 15) is 4.39 Å². The van der Waals surface area contributed by atoms with Gasteiger partial charge >= 0.3 is 0 Å². The summed E-state index contributed by atoms with van der Waals surface area (Å²) in [6.07, 6.45) is 0. The van der Waals surface area contributed by atoms with Crippen LogP contribution in [0, 0.1) is 5.82 Å². The highest BCUT2D eigenvalue weighted by Crippen LogP contribution is 2.04. The van der Waals surface area contributed by atoms with E-state index in [0.717, 1.165) is 25.2 Å². The maximum Gasteiger partial charge on any atom is 0.188 e. The molecule has 0 radical (unpaired) electrons. The van der Waals surface area contributed by atoms with Crippen LogP contribution >= 0.6 is 24.0 Å². The summed E-state index contributed by atoms with van der Waals surface area (Å²) < 4.78 is 12.7. The van der Waals surface area contributed by atoms with Gasteiger partial charge in [-0.15, -0.1) is 24.0 Å². The van der Waals surface area contributed by atoms with Crippen molar-refractivity contribution in [3.05, 3.63) is 35.6 Å². The van der Waals surface area contributed by atoms with E-state index in [4.69, 9.17) is 5.73 Å². The molecular weight excluding hydrogens is 346 g/mol. The van der Waals surface area contributed by atoms with Crippen LogP contribution in [-0.4, -0.2) is 38.0 Å². The van der Waals surface area contributed by atoms with Crippen LogP contribution in [0.4, 0.5) is 4.39 Å². The second-order valence-corrected chi connectivity index (χ2v) is 3.90. The fraction of sp³-hybridized carbons (Fsp3) is 0.417. The van der Waals surface area contributed by atoms with Gasteiger partial charge in [0.15, 0.2) is 5.96 Å². The molecule has 102 valence electrons. The van der Waals surface area contributed by atoms with Crippen molar-refractivity contribution in [2.24, 2.45) is 10.7 Å². The van der Waals surface area contributed by atoms with Crippen molar-refractivity contribution in [2.75, 3.05) is 27.2 Å². The predicted molar refractivity (Wildman–Crippen MR) is 83.7 cm³/mol. The van der Waals surface area contributed by atoms with Gasteiger partial charge in [0.1, 0.15) is 5.82 Å². The van der Waals surface area contributed by atoms with Gasteiger partial charge < -0.3 is 16.0 Å². The first-order valence-corrected chi connectivity index (χ1v) is 5.51. The molecule has 0 atom stereocenters. The molecule has 0 spiro atoms. The van der Waals surface area contributed by atoms with Crippen molar-refractivity contribution >= 4 is 29.9 Å². The molecule has 0 amide bonds. The van der Waals surface area contributed by atoms with Gasteiger partial charge in [0.25, 0.3) is 0 Å². The molecule has 0 aliphatic heterocycles. The van der Waals surface area contributed by atoms with Gasteiger partial charge in [0.05, 0.1) is 0 Å². The highest BCUT2D eigenvalue weighted by Gasteiger charge is 2.00. The van der Waals surface area contributed by atoms with Crippen LogP contribution in [0.1, 0.15) is 5.56 Å². The minimum atomic E-state index is -0.204. The average molecular weight is 366 g/mol. The summed E-state index contributed by atoms with van der Waals surface area (Å²) in [4.78, 5) is 5.93. The summed E-state index contributed by atoms with van der Waals surface area (Å²) in [7, 11) is 3.65. The number of nitrogens with zero attached hydrogens (tertiary/aromatic N) is 2. The summed E-state index contributed by atoms with van der Waals surface area (Å²) in [6, 6.07) is 6.54. The molecule has 0 saturated carbocycles. The first-order valence-electron chi connectivity index (χ1n) is 5.51. The lowest BCUT2D eigenvalue weighted by Crippen LogP contribution is -2.37. The normalized spacial score (nSPS) is 11.2. The monoisotopic (exact) mass is 366 g/mol. The summed E-state index contributed by atoms with van der Waals surface area (Å²) in [6.45, 7) is 2.36. The Balaban J connectivity index is 0.00000289. The van der Waals surface area contributed by atoms with Crippen LogP contribution < -0.4 is 11.1 Å². The molecular formula is C12H20FIN4. The largest absolute Gasteiger partial charge is 0.370 e. The van der Waals surface area contributed by atoms with E-state index >= 15 is 0 Å². The molecule has 18 heavy (non-hydrogen) atoms. The van der Waals surface area contributed by atoms with Gasteiger partial charge in [-0.05, 0) is 24.7 Å². The van der Waals surface area contributed by atoms with Gasteiger partial charge in [0, 0.05) is 26.7 Å². The number of nitrogens with two attached hydrogens (primary N) is 1. The lowest BCUT2D eigenvalue weighted by molar-refractivity contribution is 0.331. The zero-order valence-electron chi connectivity index (χ0n) is 10.7. The van der Waals surface area contributed by atoms with E-state index < -0.39 is 0 Å². The molecule has 0 aromatic heterocycles. The van der Waals surface area contributed by atoms with Gasteiger partial charge in [0.2, 0.25) is 0 Å². The first-order chi connectivity index (χ1) is 8.11. The number of halogens is 2. The Kier molecular flexibility index (Phi) is 8.65. The molecule has 0 unspecified atom stereocenters. The standard InChI is InChI=1S/C12H19FN4.HI/c1-15-12(14)16-7-8-17(2)9-10-3-5-11(13)6-4-10;/h3-6H,7-9H2,1-2H3,(H3,14,15,16);1H. The van der Waals surface area contributed by atoms with Crippen LogP contribution in [0.3, 0.4) is 0 Å². The number of nitrogens with one attached hydrogen (secondary N) is 1. The van der Waals surface area contributed by atoms with Crippen LogP contribution in [0.2, 0.25) is 0 Å². The Bertz CT molecular complexity index is 367. The first kappa shape index (κ1) is 17.1. The molecule has 0 aliphatic carbocycles. The summed E-state index contributed by atoms with van der Waals surface area (Å²) in [5.41, 5.74) is 6.60. The third kappa shape index (κ3) is 6.75. The lowest BCUT2D eigenvalue weighted by Gasteiger charge is -2.17. The molecule has 6 heteroatoms. The van der Waals surface area contributed by atoms with Gasteiger partial charge in [-0.2, -0.15) is 0 Å². The van der Waals surface area contributed by atoms with Gasteiger partial charge in [-0.1, -0.05) is 12.1 Å². The van der Waals surface area contributed by atoms with Gasteiger partial charge in [-0.3, -0.25) is 4.99 Å². The smallest absolute Gasteiger partial charge is 0.188 e. The quantitative estimate of drug-likeness (QED) is 0.471. The Morgan fingerprint density at radius 3 is 2.56 bits per heavy atom. The van der Waals surface area contributed by atoms with Crippen molar-refractivity contribution in [2.45, 2.75) is 6.54 Å². The number of hydrogen-bond acceptors (Lipinski definition) is 2. The number of benzene rings is 1. The van der Waals surface area contributed by atoms with Crippen molar-refractivity contribution < 1.29 is 4.39 Å². The zero-order valence-corrected chi connectivity index (χ0v) is 13.0. The third-order valence-electron chi connectivity index (χ3n) is 2.41. The molecule has 0 fully saturated rings. The number of aliphatic imine (C=N–C) groups is 1. The Labute approximate surface area is 124 Å². The Hall–Kier alpha value is -0.890. The Morgan fingerprint density at radius 2 is 2.00 bits per heavy atom. The minimum Gasteiger partial charge on any atom is -0.370 e. The van der Waals surface area contributed by atoms with Crippen LogP contribution in [0.15, 0.2) is 29.3 Å². The zero-order chi connectivity index (χ0) is 12.7. The van der Waals surface area contributed by atoms with Crippen LogP contribution in [0.5, 0.6) is 0 Å². The number of guanidine groups is 1. The van der Waals surface area contributed by atoms with E-state index in [-0.39, 0.29) is 29.8 Å². The summed E-state index contributed by atoms with van der Waals surface area (Å²) >= 11 is 0. The summed E-state index contributed by atoms with van der Waals surface area (Å²) in [5, 5.41) is 2.98. The molecule has 0 saturated heterocycles. The predicted octanol–water partition coefficient (Wildman–Crippen LogP) is 1.41. The molecule has 3 N–H and O–H groups in total. The highest BCUT2D eigenvalue weighted by atomic mass is 127. The van der Waals surface area contributed by atoms with E-state index in [2.05, 4.69) is 15.2 Å². The lowest BCUT2D eigenvalue weighted by atomic mass is 10.2. The van der Waals surface area contributed by atoms with Crippen LogP contribution in [-0.2, 0) is 6.54 Å². The van der Waals surface area contributed by atoms with Crippen molar-refractivity contribution in [1.29, 1.82) is 0 Å². The molecule has 1 aromatic carbocycles. The second kappa shape index (κ2) is 9.09. The second-order valence-electron chi connectivity index (χ2n) is 3.90. The molecule has 4 nitrogen and oxygen atoms in total. The van der Waals surface area contributed by atoms with Gasteiger partial charge in [-0.25, -0.2) is 4.39 Å². The highest BCUT2D eigenvalue weighted by molar-refractivity contribution is 14.0. The molecule has 0 bridgehead atoms. The number of likely N-dealkylation sites (N-methyl/N-ethyl adjacent to an activating group) is 1. The average Bonchev–Trinajstić information content (AvgIpc) is 2.32. The molecule has 0 aliphatic rings. The Morgan fingerprint density at radius 1 is 1.39 bits per heavy atom. The van der Waals surface area contributed by atoms with E-state index in [1.165, 1.54) is 12.1 Å². The van der Waals surface area contributed by atoms with Crippen molar-refractivity contribution in [1.82, 2.24) is 10.2 Å². The number of hydrogen-bond donors (Lipinski definition) is 2. The maximum atomic E-state index is 12.7. The minimum absolute atomic E-state index is 0. The summed E-state index contributed by atoms with van der Waals surface area (Å²) in [5.74, 6) is 0.241. The number of rotatable bonds is 5.